The highest BCUT2D eigenvalue weighted by Gasteiger charge is 2.34. The second-order valence-corrected chi connectivity index (χ2v) is 5.51. The number of rotatable bonds is 2. The molecule has 0 aliphatic carbocycles. The number of hydrogen-bond donors (Lipinski definition) is 0. The van der Waals surface area contributed by atoms with Crippen molar-refractivity contribution < 1.29 is 27.0 Å². The van der Waals surface area contributed by atoms with Gasteiger partial charge >= 0.3 is 6.36 Å². The average molecular weight is 317 g/mol. The van der Waals surface area contributed by atoms with Gasteiger partial charge in [-0.05, 0) is 37.2 Å². The molecule has 2 bridgehead atoms. The molecule has 0 radical (unpaired) electrons. The van der Waals surface area contributed by atoms with Gasteiger partial charge in [0.1, 0.15) is 11.6 Å². The zero-order valence-electron chi connectivity index (χ0n) is 11.9. The van der Waals surface area contributed by atoms with Gasteiger partial charge in [-0.1, -0.05) is 6.08 Å². The predicted molar refractivity (Wildman–Crippen MR) is 71.8 cm³/mol. The SMILES string of the molecule is CN1C2C=C(c3cc(OC(F)(F)F)ccc3F)CC1COC2. The summed E-state index contributed by atoms with van der Waals surface area (Å²) in [6.07, 6.45) is -2.41. The van der Waals surface area contributed by atoms with E-state index in [1.807, 2.05) is 13.1 Å². The number of ether oxygens (including phenoxy) is 2. The van der Waals surface area contributed by atoms with Crippen molar-refractivity contribution in [3.05, 3.63) is 35.7 Å². The fraction of sp³-hybridized carbons (Fsp3) is 0.467. The summed E-state index contributed by atoms with van der Waals surface area (Å²) in [6.45, 7) is 1.03. The standard InChI is InChI=1S/C15H15F4NO2/c1-20-10-4-9(5-11(20)8-21-7-10)13-6-12(2-3-14(13)16)22-15(17,18)19/h2-4,6,10-11H,5,7-8H2,1H3. The van der Waals surface area contributed by atoms with Gasteiger partial charge in [0.25, 0.3) is 0 Å². The van der Waals surface area contributed by atoms with Gasteiger partial charge in [0.05, 0.1) is 19.3 Å². The van der Waals surface area contributed by atoms with Gasteiger partial charge in [-0.2, -0.15) is 0 Å². The molecule has 1 aromatic carbocycles. The van der Waals surface area contributed by atoms with Gasteiger partial charge in [-0.3, -0.25) is 4.90 Å². The molecule has 3 rings (SSSR count). The van der Waals surface area contributed by atoms with Crippen LogP contribution in [0.3, 0.4) is 0 Å². The molecule has 0 saturated carbocycles. The van der Waals surface area contributed by atoms with Crippen molar-refractivity contribution in [2.45, 2.75) is 24.9 Å². The summed E-state index contributed by atoms with van der Waals surface area (Å²) in [5, 5.41) is 0. The van der Waals surface area contributed by atoms with Crippen LogP contribution in [0.15, 0.2) is 24.3 Å². The van der Waals surface area contributed by atoms with E-state index in [9.17, 15) is 17.6 Å². The van der Waals surface area contributed by atoms with Crippen LogP contribution in [-0.4, -0.2) is 43.6 Å². The third-order valence-corrected chi connectivity index (χ3v) is 4.06. The van der Waals surface area contributed by atoms with E-state index in [0.29, 0.717) is 25.2 Å². The van der Waals surface area contributed by atoms with Crippen molar-refractivity contribution in [1.82, 2.24) is 4.90 Å². The maximum atomic E-state index is 14.0. The van der Waals surface area contributed by atoms with Crippen LogP contribution in [0.4, 0.5) is 17.6 Å². The second kappa shape index (κ2) is 5.55. The predicted octanol–water partition coefficient (Wildman–Crippen LogP) is 3.21. The smallest absolute Gasteiger partial charge is 0.406 e. The van der Waals surface area contributed by atoms with Crippen LogP contribution in [0.5, 0.6) is 5.75 Å². The minimum Gasteiger partial charge on any atom is -0.406 e. The van der Waals surface area contributed by atoms with Crippen molar-refractivity contribution in [2.24, 2.45) is 0 Å². The molecule has 1 fully saturated rings. The van der Waals surface area contributed by atoms with Crippen LogP contribution in [0, 0.1) is 5.82 Å². The van der Waals surface area contributed by atoms with Crippen molar-refractivity contribution in [3.8, 4) is 5.75 Å². The van der Waals surface area contributed by atoms with E-state index in [2.05, 4.69) is 9.64 Å². The molecule has 2 unspecified atom stereocenters. The third-order valence-electron chi connectivity index (χ3n) is 4.06. The number of hydrogen-bond acceptors (Lipinski definition) is 3. The maximum absolute atomic E-state index is 14.0. The van der Waals surface area contributed by atoms with Gasteiger partial charge < -0.3 is 9.47 Å². The summed E-state index contributed by atoms with van der Waals surface area (Å²) in [7, 11) is 1.96. The summed E-state index contributed by atoms with van der Waals surface area (Å²) >= 11 is 0. The van der Waals surface area contributed by atoms with Gasteiger partial charge in [-0.25, -0.2) is 4.39 Å². The molecule has 1 saturated heterocycles. The minimum atomic E-state index is -4.79. The minimum absolute atomic E-state index is 0.00842. The van der Waals surface area contributed by atoms with Crippen molar-refractivity contribution in [3.63, 3.8) is 0 Å². The molecule has 0 aromatic heterocycles. The molecule has 0 N–H and O–H groups in total. The molecule has 1 aromatic rings. The van der Waals surface area contributed by atoms with Gasteiger partial charge in [0.2, 0.25) is 0 Å². The molecule has 0 spiro atoms. The average Bonchev–Trinajstić information content (AvgIpc) is 2.39. The lowest BCUT2D eigenvalue weighted by Gasteiger charge is -2.42. The summed E-state index contributed by atoms with van der Waals surface area (Å²) in [5.41, 5.74) is 0.855. The van der Waals surface area contributed by atoms with Crippen LogP contribution in [0.1, 0.15) is 12.0 Å². The lowest BCUT2D eigenvalue weighted by Crippen LogP contribution is -2.51. The first-order valence-electron chi connectivity index (χ1n) is 6.89. The molecule has 7 heteroatoms. The topological polar surface area (TPSA) is 21.7 Å². The normalized spacial score (nSPS) is 25.8. The van der Waals surface area contributed by atoms with E-state index in [1.165, 1.54) is 0 Å². The molecule has 2 aliphatic heterocycles. The highest BCUT2D eigenvalue weighted by atomic mass is 19.4. The molecule has 3 nitrogen and oxygen atoms in total. The van der Waals surface area contributed by atoms with Gasteiger partial charge in [0, 0.05) is 11.6 Å². The summed E-state index contributed by atoms with van der Waals surface area (Å²) in [5.74, 6) is -0.963. The number of alkyl halides is 3. The van der Waals surface area contributed by atoms with E-state index >= 15 is 0 Å². The Labute approximate surface area is 125 Å². The number of benzene rings is 1. The number of likely N-dealkylation sites (N-methyl/N-ethyl adjacent to an activating group) is 1. The van der Waals surface area contributed by atoms with Crippen molar-refractivity contribution in [2.75, 3.05) is 20.3 Å². The molecule has 2 aliphatic rings. The Morgan fingerprint density at radius 1 is 1.27 bits per heavy atom. The van der Waals surface area contributed by atoms with Gasteiger partial charge in [0.15, 0.2) is 0 Å². The summed E-state index contributed by atoms with van der Waals surface area (Å²) in [4.78, 5) is 2.14. The molecule has 22 heavy (non-hydrogen) atoms. The van der Waals surface area contributed by atoms with E-state index in [1.54, 1.807) is 0 Å². The fourth-order valence-electron chi connectivity index (χ4n) is 2.90. The number of nitrogens with zero attached hydrogens (tertiary/aromatic N) is 1. The Bertz CT molecular complexity index is 600. The monoisotopic (exact) mass is 317 g/mol. The van der Waals surface area contributed by atoms with E-state index in [4.69, 9.17) is 4.74 Å². The first-order valence-corrected chi connectivity index (χ1v) is 6.89. The Kier molecular flexibility index (Phi) is 3.86. The Hall–Kier alpha value is -1.60. The lowest BCUT2D eigenvalue weighted by molar-refractivity contribution is -0.274. The zero-order valence-corrected chi connectivity index (χ0v) is 11.9. The van der Waals surface area contributed by atoms with E-state index in [-0.39, 0.29) is 17.6 Å². The number of morpholine rings is 1. The van der Waals surface area contributed by atoms with Crippen molar-refractivity contribution in [1.29, 1.82) is 0 Å². The summed E-state index contributed by atoms with van der Waals surface area (Å²) < 4.78 is 60.3. The molecule has 2 heterocycles. The van der Waals surface area contributed by atoms with Crippen LogP contribution in [0.25, 0.3) is 5.57 Å². The molecule has 120 valence electrons. The van der Waals surface area contributed by atoms with Crippen LogP contribution < -0.4 is 4.74 Å². The first kappa shape index (κ1) is 15.3. The molecular formula is C15H15F4NO2. The van der Waals surface area contributed by atoms with Crippen molar-refractivity contribution >= 4 is 5.57 Å². The highest BCUT2D eigenvalue weighted by molar-refractivity contribution is 5.69. The largest absolute Gasteiger partial charge is 0.573 e. The molecule has 2 atom stereocenters. The third kappa shape index (κ3) is 3.10. The van der Waals surface area contributed by atoms with Crippen LogP contribution in [-0.2, 0) is 4.74 Å². The van der Waals surface area contributed by atoms with E-state index in [0.717, 1.165) is 18.2 Å². The first-order chi connectivity index (χ1) is 10.3. The Balaban J connectivity index is 1.92. The molecule has 0 amide bonds. The van der Waals surface area contributed by atoms with Crippen LogP contribution in [0.2, 0.25) is 0 Å². The Morgan fingerprint density at radius 2 is 2.05 bits per heavy atom. The fourth-order valence-corrected chi connectivity index (χ4v) is 2.90. The number of fused-ring (bicyclic) bond motifs is 2. The van der Waals surface area contributed by atoms with E-state index < -0.39 is 17.9 Å². The Morgan fingerprint density at radius 3 is 2.73 bits per heavy atom. The zero-order chi connectivity index (χ0) is 15.9. The summed E-state index contributed by atoms with van der Waals surface area (Å²) in [6, 6.07) is 3.20. The van der Waals surface area contributed by atoms with Crippen LogP contribution >= 0.6 is 0 Å². The lowest BCUT2D eigenvalue weighted by atomic mass is 9.90. The maximum Gasteiger partial charge on any atom is 0.573 e. The number of halogens is 4. The highest BCUT2D eigenvalue weighted by Crippen LogP contribution is 2.35. The van der Waals surface area contributed by atoms with Gasteiger partial charge in [-0.15, -0.1) is 13.2 Å². The quantitative estimate of drug-likeness (QED) is 0.782. The molecular weight excluding hydrogens is 302 g/mol. The second-order valence-electron chi connectivity index (χ2n) is 5.51.